The van der Waals surface area contributed by atoms with Crippen molar-refractivity contribution in [1.82, 2.24) is 4.98 Å². The minimum atomic E-state index is 0.763. The summed E-state index contributed by atoms with van der Waals surface area (Å²) in [5.74, 6) is 0. The van der Waals surface area contributed by atoms with E-state index in [1.807, 2.05) is 18.2 Å². The Morgan fingerprint density at radius 1 is 1.17 bits per heavy atom. The van der Waals surface area contributed by atoms with E-state index in [2.05, 4.69) is 27.1 Å². The van der Waals surface area contributed by atoms with Gasteiger partial charge in [-0.25, -0.2) is 0 Å². The number of anilines is 2. The Labute approximate surface area is 109 Å². The third-order valence-electron chi connectivity index (χ3n) is 2.91. The minimum Gasteiger partial charge on any atom is -0.398 e. The molecular formula is C14H13N3S. The molecule has 2 aromatic heterocycles. The monoisotopic (exact) mass is 255 g/mol. The van der Waals surface area contributed by atoms with Gasteiger partial charge < -0.3 is 11.1 Å². The number of nitrogens with two attached hydrogens (primary N) is 1. The average Bonchev–Trinajstić information content (AvgIpc) is 2.92. The molecule has 1 aromatic carbocycles. The van der Waals surface area contributed by atoms with Crippen LogP contribution in [-0.2, 0) is 6.54 Å². The Bertz CT molecular complexity index is 662. The molecule has 0 radical (unpaired) electrons. The predicted molar refractivity (Wildman–Crippen MR) is 77.8 cm³/mol. The zero-order valence-corrected chi connectivity index (χ0v) is 10.6. The van der Waals surface area contributed by atoms with Crippen LogP contribution in [0, 0.1) is 0 Å². The van der Waals surface area contributed by atoms with Crippen LogP contribution >= 0.6 is 11.3 Å². The van der Waals surface area contributed by atoms with Crippen LogP contribution in [0.1, 0.15) is 5.56 Å². The van der Waals surface area contributed by atoms with Gasteiger partial charge in [-0.3, -0.25) is 4.98 Å². The second kappa shape index (κ2) is 4.66. The van der Waals surface area contributed by atoms with Gasteiger partial charge in [0.05, 0.1) is 0 Å². The highest BCUT2D eigenvalue weighted by Crippen LogP contribution is 2.27. The summed E-state index contributed by atoms with van der Waals surface area (Å²) in [6.45, 7) is 0.824. The summed E-state index contributed by atoms with van der Waals surface area (Å²) in [6, 6.07) is 8.05. The number of rotatable bonds is 3. The largest absolute Gasteiger partial charge is 0.398 e. The molecule has 3 nitrogen and oxygen atoms in total. The van der Waals surface area contributed by atoms with Gasteiger partial charge in [-0.05, 0) is 40.6 Å². The third-order valence-corrected chi connectivity index (χ3v) is 3.65. The van der Waals surface area contributed by atoms with E-state index in [0.29, 0.717) is 0 Å². The molecule has 18 heavy (non-hydrogen) atoms. The van der Waals surface area contributed by atoms with Crippen LogP contribution in [0.25, 0.3) is 10.8 Å². The molecule has 0 saturated carbocycles. The first kappa shape index (κ1) is 11.0. The lowest BCUT2D eigenvalue weighted by Crippen LogP contribution is -1.99. The Balaban J connectivity index is 1.94. The Morgan fingerprint density at radius 3 is 2.94 bits per heavy atom. The van der Waals surface area contributed by atoms with Crippen LogP contribution in [-0.4, -0.2) is 4.98 Å². The second-order valence-corrected chi connectivity index (χ2v) is 4.89. The maximum atomic E-state index is 5.95. The maximum absolute atomic E-state index is 5.95. The highest BCUT2D eigenvalue weighted by molar-refractivity contribution is 7.07. The molecule has 0 unspecified atom stereocenters. The number of nitrogen functional groups attached to an aromatic ring is 1. The van der Waals surface area contributed by atoms with Crippen molar-refractivity contribution in [2.24, 2.45) is 0 Å². The van der Waals surface area contributed by atoms with Crippen LogP contribution in [0.2, 0.25) is 0 Å². The molecule has 3 aromatic rings. The van der Waals surface area contributed by atoms with Gasteiger partial charge in [-0.1, -0.05) is 0 Å². The molecule has 4 heteroatoms. The van der Waals surface area contributed by atoms with Gasteiger partial charge in [-0.2, -0.15) is 11.3 Å². The molecule has 2 heterocycles. The first-order chi connectivity index (χ1) is 8.84. The standard InChI is InChI=1S/C14H13N3S/c15-13-1-2-14(11-3-5-16-8-12(11)13)17-7-10-4-6-18-9-10/h1-6,8-9,17H,7,15H2. The summed E-state index contributed by atoms with van der Waals surface area (Å²) in [5.41, 5.74) is 9.09. The summed E-state index contributed by atoms with van der Waals surface area (Å²) in [4.78, 5) is 4.12. The van der Waals surface area contributed by atoms with Crippen molar-refractivity contribution in [2.45, 2.75) is 6.54 Å². The quantitative estimate of drug-likeness (QED) is 0.704. The molecule has 3 rings (SSSR count). The molecule has 90 valence electrons. The second-order valence-electron chi connectivity index (χ2n) is 4.11. The fourth-order valence-electron chi connectivity index (χ4n) is 1.96. The molecule has 0 spiro atoms. The lowest BCUT2D eigenvalue weighted by Gasteiger charge is -2.10. The Kier molecular flexibility index (Phi) is 2.86. The van der Waals surface area contributed by atoms with Gasteiger partial charge in [0.15, 0.2) is 0 Å². The van der Waals surface area contributed by atoms with E-state index in [9.17, 15) is 0 Å². The van der Waals surface area contributed by atoms with Gasteiger partial charge in [-0.15, -0.1) is 0 Å². The van der Waals surface area contributed by atoms with Crippen LogP contribution in [0.4, 0.5) is 11.4 Å². The van der Waals surface area contributed by atoms with Crippen LogP contribution in [0.3, 0.4) is 0 Å². The molecule has 0 fully saturated rings. The highest BCUT2D eigenvalue weighted by Gasteiger charge is 2.03. The van der Waals surface area contributed by atoms with E-state index in [4.69, 9.17) is 5.73 Å². The lowest BCUT2D eigenvalue weighted by atomic mass is 10.1. The van der Waals surface area contributed by atoms with Crippen molar-refractivity contribution >= 4 is 33.5 Å². The number of hydrogen-bond acceptors (Lipinski definition) is 4. The number of nitrogens with one attached hydrogen (secondary N) is 1. The smallest absolute Gasteiger partial charge is 0.0425 e. The van der Waals surface area contributed by atoms with Crippen molar-refractivity contribution in [3.8, 4) is 0 Å². The number of thiophene rings is 1. The van der Waals surface area contributed by atoms with Crippen molar-refractivity contribution in [3.63, 3.8) is 0 Å². The van der Waals surface area contributed by atoms with E-state index in [-0.39, 0.29) is 0 Å². The van der Waals surface area contributed by atoms with E-state index in [0.717, 1.165) is 28.7 Å². The molecule has 0 aliphatic carbocycles. The number of aromatic nitrogens is 1. The zero-order chi connectivity index (χ0) is 12.4. The van der Waals surface area contributed by atoms with Crippen LogP contribution in [0.5, 0.6) is 0 Å². The number of nitrogens with zero attached hydrogens (tertiary/aromatic N) is 1. The first-order valence-corrected chi connectivity index (χ1v) is 6.66. The molecule has 0 atom stereocenters. The summed E-state index contributed by atoms with van der Waals surface area (Å²) in [7, 11) is 0. The van der Waals surface area contributed by atoms with Crippen molar-refractivity contribution in [1.29, 1.82) is 0 Å². The molecule has 0 saturated heterocycles. The zero-order valence-electron chi connectivity index (χ0n) is 9.76. The maximum Gasteiger partial charge on any atom is 0.0425 e. The van der Waals surface area contributed by atoms with Gasteiger partial charge in [0.25, 0.3) is 0 Å². The molecule has 0 aliphatic rings. The topological polar surface area (TPSA) is 50.9 Å². The Hall–Kier alpha value is -2.07. The molecule has 0 bridgehead atoms. The van der Waals surface area contributed by atoms with E-state index >= 15 is 0 Å². The third kappa shape index (κ3) is 2.02. The van der Waals surface area contributed by atoms with Gasteiger partial charge in [0.1, 0.15) is 0 Å². The van der Waals surface area contributed by atoms with Gasteiger partial charge >= 0.3 is 0 Å². The minimum absolute atomic E-state index is 0.763. The normalized spacial score (nSPS) is 10.7. The fourth-order valence-corrected chi connectivity index (χ4v) is 2.63. The summed E-state index contributed by atoms with van der Waals surface area (Å²) in [5, 5.41) is 9.78. The van der Waals surface area contributed by atoms with E-state index < -0.39 is 0 Å². The predicted octanol–water partition coefficient (Wildman–Crippen LogP) is 3.49. The van der Waals surface area contributed by atoms with Crippen molar-refractivity contribution < 1.29 is 0 Å². The summed E-state index contributed by atoms with van der Waals surface area (Å²) in [6.07, 6.45) is 3.60. The van der Waals surface area contributed by atoms with Crippen molar-refractivity contribution in [2.75, 3.05) is 11.1 Å². The van der Waals surface area contributed by atoms with Gasteiger partial charge in [0.2, 0.25) is 0 Å². The van der Waals surface area contributed by atoms with Gasteiger partial charge in [0, 0.05) is 41.1 Å². The first-order valence-electron chi connectivity index (χ1n) is 5.72. The summed E-state index contributed by atoms with van der Waals surface area (Å²) < 4.78 is 0. The number of benzene rings is 1. The lowest BCUT2D eigenvalue weighted by molar-refractivity contribution is 1.17. The number of pyridine rings is 1. The van der Waals surface area contributed by atoms with Crippen molar-refractivity contribution in [3.05, 3.63) is 53.0 Å². The average molecular weight is 255 g/mol. The molecule has 0 aliphatic heterocycles. The Morgan fingerprint density at radius 2 is 2.11 bits per heavy atom. The molecular weight excluding hydrogens is 242 g/mol. The summed E-state index contributed by atoms with van der Waals surface area (Å²) >= 11 is 1.71. The number of hydrogen-bond donors (Lipinski definition) is 2. The van der Waals surface area contributed by atoms with Crippen LogP contribution in [0.15, 0.2) is 47.4 Å². The van der Waals surface area contributed by atoms with E-state index in [1.165, 1.54) is 5.56 Å². The molecule has 3 N–H and O–H groups in total. The SMILES string of the molecule is Nc1ccc(NCc2ccsc2)c2ccncc12. The fraction of sp³-hybridized carbons (Fsp3) is 0.0714. The molecule has 0 amide bonds. The highest BCUT2D eigenvalue weighted by atomic mass is 32.1. The van der Waals surface area contributed by atoms with E-state index in [1.54, 1.807) is 23.7 Å². The number of fused-ring (bicyclic) bond motifs is 1. The van der Waals surface area contributed by atoms with Crippen LogP contribution < -0.4 is 11.1 Å².